The molecule has 0 aromatic heterocycles. The molecule has 0 spiro atoms. The van der Waals surface area contributed by atoms with Gasteiger partial charge in [-0.1, -0.05) is 25.4 Å². The molecule has 1 aromatic carbocycles. The molecule has 0 aliphatic rings. The quantitative estimate of drug-likeness (QED) is 0.762. The average molecular weight is 272 g/mol. The molecular weight excluding hydrogens is 250 g/mol. The minimum absolute atomic E-state index is 0.594. The molecule has 0 fully saturated rings. The number of anilines is 1. The highest BCUT2D eigenvalue weighted by molar-refractivity contribution is 6.32. The van der Waals surface area contributed by atoms with E-state index in [0.29, 0.717) is 24.0 Å². The second-order valence-electron chi connectivity index (χ2n) is 4.01. The van der Waals surface area contributed by atoms with Gasteiger partial charge in [-0.15, -0.1) is 0 Å². The maximum absolute atomic E-state index is 6.18. The summed E-state index contributed by atoms with van der Waals surface area (Å²) in [5.74, 6) is 1.49. The number of benzene rings is 1. The molecule has 102 valence electrons. The standard InChI is InChI=1S/C14H22ClNO2/c1-4-7-17-13-10-12(16-6-3)14(9-11(13)15)18-8-5-2/h9-10,16H,4-8H2,1-3H3. The highest BCUT2D eigenvalue weighted by atomic mass is 35.5. The van der Waals surface area contributed by atoms with Gasteiger partial charge in [0.1, 0.15) is 11.5 Å². The van der Waals surface area contributed by atoms with Crippen LogP contribution in [0, 0.1) is 0 Å². The zero-order chi connectivity index (χ0) is 13.4. The van der Waals surface area contributed by atoms with E-state index < -0.39 is 0 Å². The van der Waals surface area contributed by atoms with Crippen LogP contribution in [0.3, 0.4) is 0 Å². The smallest absolute Gasteiger partial charge is 0.144 e. The van der Waals surface area contributed by atoms with Gasteiger partial charge in [0.25, 0.3) is 0 Å². The lowest BCUT2D eigenvalue weighted by Gasteiger charge is -2.15. The molecule has 4 heteroatoms. The molecular formula is C14H22ClNO2. The summed E-state index contributed by atoms with van der Waals surface area (Å²) in [7, 11) is 0. The third-order valence-corrected chi connectivity index (χ3v) is 2.62. The zero-order valence-corrected chi connectivity index (χ0v) is 12.1. The highest BCUT2D eigenvalue weighted by Crippen LogP contribution is 2.36. The molecule has 0 amide bonds. The van der Waals surface area contributed by atoms with Gasteiger partial charge in [-0.25, -0.2) is 0 Å². The molecule has 0 atom stereocenters. The fourth-order valence-electron chi connectivity index (χ4n) is 1.52. The Bertz CT molecular complexity index is 369. The summed E-state index contributed by atoms with van der Waals surface area (Å²) >= 11 is 6.18. The van der Waals surface area contributed by atoms with Crippen molar-refractivity contribution < 1.29 is 9.47 Å². The van der Waals surface area contributed by atoms with Crippen molar-refractivity contribution in [3.8, 4) is 11.5 Å². The molecule has 0 aliphatic heterocycles. The van der Waals surface area contributed by atoms with E-state index in [9.17, 15) is 0 Å². The van der Waals surface area contributed by atoms with Gasteiger partial charge < -0.3 is 14.8 Å². The molecule has 1 aromatic rings. The van der Waals surface area contributed by atoms with Crippen molar-refractivity contribution in [1.29, 1.82) is 0 Å². The van der Waals surface area contributed by atoms with Gasteiger partial charge in [-0.05, 0) is 19.8 Å². The normalized spacial score (nSPS) is 10.2. The Kier molecular flexibility index (Phi) is 6.73. The van der Waals surface area contributed by atoms with Crippen molar-refractivity contribution in [3.05, 3.63) is 17.2 Å². The largest absolute Gasteiger partial charge is 0.492 e. The maximum Gasteiger partial charge on any atom is 0.144 e. The molecule has 0 unspecified atom stereocenters. The van der Waals surface area contributed by atoms with Gasteiger partial charge in [0, 0.05) is 18.7 Å². The van der Waals surface area contributed by atoms with Gasteiger partial charge in [0.05, 0.1) is 23.9 Å². The Morgan fingerprint density at radius 1 is 1.00 bits per heavy atom. The maximum atomic E-state index is 6.18. The Morgan fingerprint density at radius 3 is 2.17 bits per heavy atom. The molecule has 0 aliphatic carbocycles. The Labute approximate surface area is 114 Å². The van der Waals surface area contributed by atoms with Gasteiger partial charge in [0.2, 0.25) is 0 Å². The van der Waals surface area contributed by atoms with E-state index in [2.05, 4.69) is 19.2 Å². The van der Waals surface area contributed by atoms with E-state index in [1.54, 1.807) is 0 Å². The van der Waals surface area contributed by atoms with Crippen LogP contribution in [0.2, 0.25) is 5.02 Å². The number of halogens is 1. The van der Waals surface area contributed by atoms with Gasteiger partial charge in [0.15, 0.2) is 0 Å². The monoisotopic (exact) mass is 271 g/mol. The van der Waals surface area contributed by atoms with Crippen LogP contribution in [-0.4, -0.2) is 19.8 Å². The second-order valence-corrected chi connectivity index (χ2v) is 4.41. The molecule has 0 radical (unpaired) electrons. The Balaban J connectivity index is 2.92. The Hall–Kier alpha value is -1.09. The number of ether oxygens (including phenoxy) is 2. The third kappa shape index (κ3) is 4.30. The van der Waals surface area contributed by atoms with Crippen LogP contribution in [0.15, 0.2) is 12.1 Å². The summed E-state index contributed by atoms with van der Waals surface area (Å²) in [6.07, 6.45) is 1.93. The average Bonchev–Trinajstić information content (AvgIpc) is 2.37. The number of nitrogens with one attached hydrogen (secondary N) is 1. The molecule has 0 saturated carbocycles. The van der Waals surface area contributed by atoms with Crippen LogP contribution in [0.25, 0.3) is 0 Å². The molecule has 0 saturated heterocycles. The van der Waals surface area contributed by atoms with Crippen molar-refractivity contribution >= 4 is 17.3 Å². The number of hydrogen-bond donors (Lipinski definition) is 1. The molecule has 3 nitrogen and oxygen atoms in total. The first-order valence-electron chi connectivity index (χ1n) is 6.55. The van der Waals surface area contributed by atoms with Crippen molar-refractivity contribution in [2.45, 2.75) is 33.6 Å². The van der Waals surface area contributed by atoms with Gasteiger partial charge >= 0.3 is 0 Å². The lowest BCUT2D eigenvalue weighted by molar-refractivity contribution is 0.310. The molecule has 18 heavy (non-hydrogen) atoms. The summed E-state index contributed by atoms with van der Waals surface area (Å²) in [6.45, 7) is 8.37. The highest BCUT2D eigenvalue weighted by Gasteiger charge is 2.10. The van der Waals surface area contributed by atoms with E-state index in [1.807, 2.05) is 19.1 Å². The van der Waals surface area contributed by atoms with Crippen LogP contribution in [0.5, 0.6) is 11.5 Å². The molecule has 0 heterocycles. The van der Waals surface area contributed by atoms with Crippen molar-refractivity contribution in [2.24, 2.45) is 0 Å². The third-order valence-electron chi connectivity index (χ3n) is 2.32. The first kappa shape index (κ1) is 15.0. The van der Waals surface area contributed by atoms with Gasteiger partial charge in [-0.3, -0.25) is 0 Å². The fourth-order valence-corrected chi connectivity index (χ4v) is 1.73. The first-order valence-corrected chi connectivity index (χ1v) is 6.93. The summed E-state index contributed by atoms with van der Waals surface area (Å²) in [5, 5.41) is 3.86. The lowest BCUT2D eigenvalue weighted by Crippen LogP contribution is -2.04. The van der Waals surface area contributed by atoms with Crippen molar-refractivity contribution in [3.63, 3.8) is 0 Å². The van der Waals surface area contributed by atoms with Crippen LogP contribution in [0.1, 0.15) is 33.6 Å². The predicted molar refractivity (Wildman–Crippen MR) is 77.2 cm³/mol. The topological polar surface area (TPSA) is 30.5 Å². The van der Waals surface area contributed by atoms with E-state index >= 15 is 0 Å². The Morgan fingerprint density at radius 2 is 1.61 bits per heavy atom. The summed E-state index contributed by atoms with van der Waals surface area (Å²) in [5.41, 5.74) is 0.932. The van der Waals surface area contributed by atoms with Gasteiger partial charge in [-0.2, -0.15) is 0 Å². The minimum atomic E-state index is 0.594. The minimum Gasteiger partial charge on any atom is -0.492 e. The van der Waals surface area contributed by atoms with Crippen LogP contribution < -0.4 is 14.8 Å². The zero-order valence-electron chi connectivity index (χ0n) is 11.4. The summed E-state index contributed by atoms with van der Waals surface area (Å²) < 4.78 is 11.3. The summed E-state index contributed by atoms with van der Waals surface area (Å²) in [6, 6.07) is 3.73. The lowest BCUT2D eigenvalue weighted by atomic mass is 10.2. The van der Waals surface area contributed by atoms with Crippen LogP contribution in [-0.2, 0) is 0 Å². The molecule has 1 rings (SSSR count). The summed E-state index contributed by atoms with van der Waals surface area (Å²) in [4.78, 5) is 0. The first-order chi connectivity index (χ1) is 8.72. The van der Waals surface area contributed by atoms with Crippen molar-refractivity contribution in [2.75, 3.05) is 25.1 Å². The predicted octanol–water partition coefficient (Wildman–Crippen LogP) is 4.35. The van der Waals surface area contributed by atoms with E-state index in [-0.39, 0.29) is 0 Å². The molecule has 1 N–H and O–H groups in total. The number of rotatable bonds is 8. The van der Waals surface area contributed by atoms with E-state index in [1.165, 1.54) is 0 Å². The second kappa shape index (κ2) is 8.09. The molecule has 0 bridgehead atoms. The fraction of sp³-hybridized carbons (Fsp3) is 0.571. The van der Waals surface area contributed by atoms with E-state index in [0.717, 1.165) is 30.8 Å². The number of hydrogen-bond acceptors (Lipinski definition) is 3. The van der Waals surface area contributed by atoms with Crippen LogP contribution >= 0.6 is 11.6 Å². The van der Waals surface area contributed by atoms with Crippen molar-refractivity contribution in [1.82, 2.24) is 0 Å². The van der Waals surface area contributed by atoms with E-state index in [4.69, 9.17) is 21.1 Å². The SMILES string of the molecule is CCCOc1cc(NCC)c(OCCC)cc1Cl. The van der Waals surface area contributed by atoms with Crippen LogP contribution in [0.4, 0.5) is 5.69 Å².